The molecule has 0 unspecified atom stereocenters. The topological polar surface area (TPSA) is 41.9 Å². The number of fused-ring (bicyclic) bond motifs is 1. The van der Waals surface area contributed by atoms with E-state index in [1.54, 1.807) is 26.4 Å². The molecule has 122 valence electrons. The number of benzene rings is 2. The van der Waals surface area contributed by atoms with Crippen LogP contribution in [0.5, 0.6) is 17.2 Å². The maximum atomic E-state index is 9.99. The molecule has 2 aromatic carbocycles. The lowest BCUT2D eigenvalue weighted by molar-refractivity contribution is 0.241. The minimum Gasteiger partial charge on any atom is -0.508 e. The summed E-state index contributed by atoms with van der Waals surface area (Å²) in [6.07, 6.45) is 0.941. The maximum absolute atomic E-state index is 9.99. The minimum atomic E-state index is 0.285. The van der Waals surface area contributed by atoms with Gasteiger partial charge in [-0.25, -0.2) is 0 Å². The van der Waals surface area contributed by atoms with E-state index in [1.165, 1.54) is 11.1 Å². The molecule has 0 bridgehead atoms. The molecular formula is C18H20ClNO3. The first-order valence-corrected chi connectivity index (χ1v) is 7.92. The van der Waals surface area contributed by atoms with E-state index >= 15 is 0 Å². The summed E-state index contributed by atoms with van der Waals surface area (Å²) >= 11 is 6.03. The van der Waals surface area contributed by atoms with Crippen molar-refractivity contribution in [3.05, 3.63) is 52.0 Å². The quantitative estimate of drug-likeness (QED) is 0.928. The summed E-state index contributed by atoms with van der Waals surface area (Å²) in [5, 5.41) is 10.6. The number of halogens is 1. The number of aromatic hydroxyl groups is 1. The molecule has 0 aliphatic carbocycles. The Labute approximate surface area is 141 Å². The third kappa shape index (κ3) is 3.38. The van der Waals surface area contributed by atoms with E-state index in [1.807, 2.05) is 12.1 Å². The van der Waals surface area contributed by atoms with Gasteiger partial charge in [-0.2, -0.15) is 0 Å². The summed E-state index contributed by atoms with van der Waals surface area (Å²) < 4.78 is 10.8. The fourth-order valence-corrected chi connectivity index (χ4v) is 3.19. The second-order valence-electron chi connectivity index (χ2n) is 5.71. The molecule has 1 N–H and O–H groups in total. The normalized spacial score (nSPS) is 14.4. The molecule has 0 fully saturated rings. The zero-order chi connectivity index (χ0) is 16.4. The van der Waals surface area contributed by atoms with Gasteiger partial charge in [0.2, 0.25) is 0 Å². The van der Waals surface area contributed by atoms with Crippen molar-refractivity contribution in [3.8, 4) is 17.2 Å². The average molecular weight is 334 g/mol. The molecule has 0 amide bonds. The molecule has 1 heterocycles. The Bertz CT molecular complexity index is 718. The van der Waals surface area contributed by atoms with E-state index < -0.39 is 0 Å². The number of ether oxygens (including phenoxy) is 2. The first-order valence-electron chi connectivity index (χ1n) is 7.54. The number of phenols is 1. The van der Waals surface area contributed by atoms with Crippen molar-refractivity contribution in [2.75, 3.05) is 20.8 Å². The van der Waals surface area contributed by atoms with Crippen LogP contribution in [0.25, 0.3) is 0 Å². The van der Waals surface area contributed by atoms with Gasteiger partial charge in [-0.1, -0.05) is 11.6 Å². The van der Waals surface area contributed by atoms with Gasteiger partial charge in [0.25, 0.3) is 0 Å². The van der Waals surface area contributed by atoms with Crippen LogP contribution >= 0.6 is 11.6 Å². The summed E-state index contributed by atoms with van der Waals surface area (Å²) in [5.41, 5.74) is 3.37. The van der Waals surface area contributed by atoms with Gasteiger partial charge in [0.15, 0.2) is 11.5 Å². The molecule has 4 nitrogen and oxygen atoms in total. The summed E-state index contributed by atoms with van der Waals surface area (Å²) in [6.45, 7) is 2.40. The highest BCUT2D eigenvalue weighted by atomic mass is 35.5. The molecular weight excluding hydrogens is 314 g/mol. The molecule has 2 aromatic rings. The molecule has 23 heavy (non-hydrogen) atoms. The van der Waals surface area contributed by atoms with Crippen LogP contribution in [-0.4, -0.2) is 30.8 Å². The fraction of sp³-hybridized carbons (Fsp3) is 0.333. The molecule has 1 aliphatic heterocycles. The minimum absolute atomic E-state index is 0.285. The molecule has 0 spiro atoms. The van der Waals surface area contributed by atoms with Gasteiger partial charge >= 0.3 is 0 Å². The average Bonchev–Trinajstić information content (AvgIpc) is 2.56. The van der Waals surface area contributed by atoms with Gasteiger partial charge in [-0.05, 0) is 47.9 Å². The largest absolute Gasteiger partial charge is 0.508 e. The first kappa shape index (κ1) is 16.0. The third-order valence-corrected chi connectivity index (χ3v) is 4.47. The predicted octanol–water partition coefficient (Wildman–Crippen LogP) is 3.62. The van der Waals surface area contributed by atoms with E-state index in [4.69, 9.17) is 21.1 Å². The molecule has 3 rings (SSSR count). The molecule has 0 atom stereocenters. The summed E-state index contributed by atoms with van der Waals surface area (Å²) in [5.74, 6) is 1.80. The predicted molar refractivity (Wildman–Crippen MR) is 90.5 cm³/mol. The number of rotatable bonds is 4. The SMILES string of the molecule is COc1cc2c(cc1OC)CN(Cc1cc(Cl)ccc1O)CC2. The second kappa shape index (κ2) is 6.69. The first-order chi connectivity index (χ1) is 11.1. The lowest BCUT2D eigenvalue weighted by Crippen LogP contribution is -2.30. The Morgan fingerprint density at radius 2 is 1.78 bits per heavy atom. The van der Waals surface area contributed by atoms with Crippen molar-refractivity contribution in [3.63, 3.8) is 0 Å². The van der Waals surface area contributed by atoms with Gasteiger partial charge in [0, 0.05) is 30.2 Å². The standard InChI is InChI=1S/C18H20ClNO3/c1-22-17-8-12-5-6-20(10-13(12)9-18(17)23-2)11-14-7-15(19)3-4-16(14)21/h3-4,7-9,21H,5-6,10-11H2,1-2H3. The lowest BCUT2D eigenvalue weighted by atomic mass is 9.98. The molecule has 0 saturated heterocycles. The van der Waals surface area contributed by atoms with Crippen LogP contribution in [0.1, 0.15) is 16.7 Å². The van der Waals surface area contributed by atoms with Crippen molar-refractivity contribution in [2.24, 2.45) is 0 Å². The van der Waals surface area contributed by atoms with Crippen molar-refractivity contribution in [1.29, 1.82) is 0 Å². The van der Waals surface area contributed by atoms with Crippen LogP contribution in [0.2, 0.25) is 5.02 Å². The Morgan fingerprint density at radius 3 is 2.48 bits per heavy atom. The molecule has 0 aromatic heterocycles. The fourth-order valence-electron chi connectivity index (χ4n) is 3.00. The summed E-state index contributed by atoms with van der Waals surface area (Å²) in [6, 6.07) is 9.26. The number of phenolic OH excluding ortho intramolecular Hbond substituents is 1. The zero-order valence-electron chi connectivity index (χ0n) is 13.3. The zero-order valence-corrected chi connectivity index (χ0v) is 14.1. The Kier molecular flexibility index (Phi) is 4.64. The van der Waals surface area contributed by atoms with E-state index in [0.717, 1.165) is 36.6 Å². The lowest BCUT2D eigenvalue weighted by Gasteiger charge is -2.29. The Balaban J connectivity index is 1.81. The van der Waals surface area contributed by atoms with Gasteiger partial charge in [0.1, 0.15) is 5.75 Å². The molecule has 1 aliphatic rings. The Morgan fingerprint density at radius 1 is 1.09 bits per heavy atom. The van der Waals surface area contributed by atoms with Gasteiger partial charge in [-0.3, -0.25) is 4.90 Å². The van der Waals surface area contributed by atoms with Crippen molar-refractivity contribution < 1.29 is 14.6 Å². The maximum Gasteiger partial charge on any atom is 0.161 e. The summed E-state index contributed by atoms with van der Waals surface area (Å²) in [7, 11) is 3.30. The monoisotopic (exact) mass is 333 g/mol. The van der Waals surface area contributed by atoms with Crippen LogP contribution in [0.15, 0.2) is 30.3 Å². The summed E-state index contributed by atoms with van der Waals surface area (Å²) in [4.78, 5) is 2.29. The molecule has 0 saturated carbocycles. The van der Waals surface area contributed by atoms with Crippen molar-refractivity contribution in [1.82, 2.24) is 4.90 Å². The molecule has 0 radical (unpaired) electrons. The van der Waals surface area contributed by atoms with Gasteiger partial charge in [0.05, 0.1) is 14.2 Å². The number of hydrogen-bond acceptors (Lipinski definition) is 4. The Hall–Kier alpha value is -1.91. The van der Waals surface area contributed by atoms with Crippen molar-refractivity contribution >= 4 is 11.6 Å². The number of hydrogen-bond donors (Lipinski definition) is 1. The molecule has 5 heteroatoms. The highest BCUT2D eigenvalue weighted by Gasteiger charge is 2.20. The third-order valence-electron chi connectivity index (χ3n) is 4.23. The number of nitrogens with zero attached hydrogens (tertiary/aromatic N) is 1. The van der Waals surface area contributed by atoms with Gasteiger partial charge < -0.3 is 14.6 Å². The van der Waals surface area contributed by atoms with Crippen molar-refractivity contribution in [2.45, 2.75) is 19.5 Å². The number of methoxy groups -OCH3 is 2. The van der Waals surface area contributed by atoms with Gasteiger partial charge in [-0.15, -0.1) is 0 Å². The van der Waals surface area contributed by atoms with Crippen LogP contribution in [0.4, 0.5) is 0 Å². The van der Waals surface area contributed by atoms with E-state index in [9.17, 15) is 5.11 Å². The van der Waals surface area contributed by atoms with Crippen LogP contribution in [0, 0.1) is 0 Å². The van der Waals surface area contributed by atoms with E-state index in [0.29, 0.717) is 11.6 Å². The highest BCUT2D eigenvalue weighted by molar-refractivity contribution is 6.30. The second-order valence-corrected chi connectivity index (χ2v) is 6.15. The smallest absolute Gasteiger partial charge is 0.161 e. The van der Waals surface area contributed by atoms with E-state index in [-0.39, 0.29) is 5.75 Å². The highest BCUT2D eigenvalue weighted by Crippen LogP contribution is 2.34. The van der Waals surface area contributed by atoms with Crippen LogP contribution < -0.4 is 9.47 Å². The van der Waals surface area contributed by atoms with Crippen LogP contribution in [0.3, 0.4) is 0 Å². The van der Waals surface area contributed by atoms with E-state index in [2.05, 4.69) is 11.0 Å². The van der Waals surface area contributed by atoms with Crippen LogP contribution in [-0.2, 0) is 19.5 Å².